The summed E-state index contributed by atoms with van der Waals surface area (Å²) in [5, 5.41) is 0. The largest absolute Gasteiger partial charge is 0.494 e. The van der Waals surface area contributed by atoms with Crippen molar-refractivity contribution < 1.29 is 19.0 Å². The van der Waals surface area contributed by atoms with Crippen LogP contribution in [0.15, 0.2) is 60.7 Å². The average molecular weight is 453 g/mol. The highest BCUT2D eigenvalue weighted by molar-refractivity contribution is 5.91. The Balaban J connectivity index is 1.68. The summed E-state index contributed by atoms with van der Waals surface area (Å²) in [7, 11) is 0. The third kappa shape index (κ3) is 11.1. The van der Waals surface area contributed by atoms with Crippen LogP contribution in [0.25, 0.3) is 0 Å². The molecule has 4 heteroatoms. The lowest BCUT2D eigenvalue weighted by molar-refractivity contribution is 0.0734. The summed E-state index contributed by atoms with van der Waals surface area (Å²) in [5.74, 6) is 2.48. The van der Waals surface area contributed by atoms with E-state index in [1.165, 1.54) is 25.7 Å². The number of benzene rings is 2. The zero-order valence-corrected chi connectivity index (χ0v) is 20.6. The van der Waals surface area contributed by atoms with Gasteiger partial charge in [0.2, 0.25) is 0 Å². The Bertz CT molecular complexity index is 809. The Morgan fingerprint density at radius 2 is 1.39 bits per heavy atom. The third-order valence-electron chi connectivity index (χ3n) is 5.70. The van der Waals surface area contributed by atoms with Crippen LogP contribution < -0.4 is 14.2 Å². The Kier molecular flexibility index (Phi) is 12.8. The van der Waals surface area contributed by atoms with Crippen molar-refractivity contribution in [2.24, 2.45) is 5.92 Å². The van der Waals surface area contributed by atoms with Crippen LogP contribution in [0.4, 0.5) is 0 Å². The van der Waals surface area contributed by atoms with Crippen molar-refractivity contribution in [3.63, 3.8) is 0 Å². The molecule has 0 heterocycles. The van der Waals surface area contributed by atoms with Crippen molar-refractivity contribution >= 4 is 5.97 Å². The van der Waals surface area contributed by atoms with Crippen LogP contribution in [0.2, 0.25) is 0 Å². The summed E-state index contributed by atoms with van der Waals surface area (Å²) in [6.45, 7) is 7.97. The number of unbranched alkanes of at least 4 members (excludes halogenated alkanes) is 4. The van der Waals surface area contributed by atoms with Gasteiger partial charge in [-0.3, -0.25) is 0 Å². The second-order valence-corrected chi connectivity index (χ2v) is 8.51. The molecule has 33 heavy (non-hydrogen) atoms. The topological polar surface area (TPSA) is 44.8 Å². The van der Waals surface area contributed by atoms with E-state index in [1.807, 2.05) is 31.2 Å². The maximum absolute atomic E-state index is 12.4. The number of carbonyl (C=O) groups excluding carboxylic acids is 1. The van der Waals surface area contributed by atoms with Gasteiger partial charge < -0.3 is 14.2 Å². The maximum atomic E-state index is 12.4. The Hall–Kier alpha value is -2.75. The first-order chi connectivity index (χ1) is 16.1. The van der Waals surface area contributed by atoms with Gasteiger partial charge in [-0.05, 0) is 87.1 Å². The first-order valence-electron chi connectivity index (χ1n) is 12.4. The van der Waals surface area contributed by atoms with E-state index >= 15 is 0 Å². The van der Waals surface area contributed by atoms with E-state index in [1.54, 1.807) is 24.3 Å². The van der Waals surface area contributed by atoms with Crippen molar-refractivity contribution in [3.05, 3.63) is 66.2 Å². The normalized spacial score (nSPS) is 12.0. The zero-order chi connectivity index (χ0) is 23.7. The summed E-state index contributed by atoms with van der Waals surface area (Å²) >= 11 is 0. The SMILES string of the molecule is C/C=C\CCCCOc1ccc(OC(=O)c2ccc(OCCCCC[C@@H](C)CC)cc2)cc1. The molecule has 0 aliphatic heterocycles. The summed E-state index contributed by atoms with van der Waals surface area (Å²) in [4.78, 5) is 12.4. The molecular formula is C29H40O4. The van der Waals surface area contributed by atoms with Crippen LogP contribution in [0.3, 0.4) is 0 Å². The number of hydrogen-bond acceptors (Lipinski definition) is 4. The molecule has 2 rings (SSSR count). The van der Waals surface area contributed by atoms with Crippen molar-refractivity contribution in [1.82, 2.24) is 0 Å². The molecule has 0 aromatic heterocycles. The molecule has 0 unspecified atom stereocenters. The number of ether oxygens (including phenoxy) is 3. The summed E-state index contributed by atoms with van der Waals surface area (Å²) in [6, 6.07) is 14.3. The van der Waals surface area contributed by atoms with Gasteiger partial charge in [0.05, 0.1) is 18.8 Å². The second kappa shape index (κ2) is 16.0. The predicted octanol–water partition coefficient (Wildman–Crippen LogP) is 8.02. The van der Waals surface area contributed by atoms with Gasteiger partial charge in [-0.25, -0.2) is 4.79 Å². The van der Waals surface area contributed by atoms with E-state index in [0.29, 0.717) is 24.5 Å². The molecule has 0 N–H and O–H groups in total. The minimum atomic E-state index is -0.385. The Labute approximate surface area is 200 Å². The van der Waals surface area contributed by atoms with Gasteiger partial charge in [0.15, 0.2) is 0 Å². The van der Waals surface area contributed by atoms with Gasteiger partial charge in [0.1, 0.15) is 17.2 Å². The number of hydrogen-bond donors (Lipinski definition) is 0. The molecule has 4 nitrogen and oxygen atoms in total. The highest BCUT2D eigenvalue weighted by atomic mass is 16.5. The van der Waals surface area contributed by atoms with Gasteiger partial charge in [-0.2, -0.15) is 0 Å². The lowest BCUT2D eigenvalue weighted by Crippen LogP contribution is -2.08. The van der Waals surface area contributed by atoms with Gasteiger partial charge in [-0.1, -0.05) is 51.7 Å². The standard InChI is InChI=1S/C29H40O4/c1-4-6-7-8-11-22-32-27-18-20-28(21-19-27)33-29(30)25-14-16-26(17-15-25)31-23-12-9-10-13-24(3)5-2/h4,6,14-21,24H,5,7-13,22-23H2,1-3H3/b6-4-/t24-/m0/s1. The fourth-order valence-electron chi connectivity index (χ4n) is 3.34. The van der Waals surface area contributed by atoms with E-state index in [-0.39, 0.29) is 5.97 Å². The summed E-state index contributed by atoms with van der Waals surface area (Å²) in [5.41, 5.74) is 0.498. The van der Waals surface area contributed by atoms with Gasteiger partial charge in [0, 0.05) is 0 Å². The highest BCUT2D eigenvalue weighted by Gasteiger charge is 2.09. The first kappa shape index (κ1) is 26.5. The number of rotatable bonds is 16. The van der Waals surface area contributed by atoms with Crippen LogP contribution >= 0.6 is 0 Å². The average Bonchev–Trinajstić information content (AvgIpc) is 2.84. The van der Waals surface area contributed by atoms with E-state index in [4.69, 9.17) is 14.2 Å². The molecule has 0 bridgehead atoms. The zero-order valence-electron chi connectivity index (χ0n) is 20.6. The molecule has 1 atom stereocenters. The Morgan fingerprint density at radius 1 is 0.818 bits per heavy atom. The molecule has 180 valence electrons. The molecule has 0 aliphatic rings. The molecular weight excluding hydrogens is 412 g/mol. The van der Waals surface area contributed by atoms with Gasteiger partial charge in [0.25, 0.3) is 0 Å². The maximum Gasteiger partial charge on any atom is 0.343 e. The molecule has 0 saturated carbocycles. The summed E-state index contributed by atoms with van der Waals surface area (Å²) < 4.78 is 17.0. The number of esters is 1. The molecule has 0 radical (unpaired) electrons. The van der Waals surface area contributed by atoms with Crippen molar-refractivity contribution in [2.75, 3.05) is 13.2 Å². The smallest absolute Gasteiger partial charge is 0.343 e. The fraction of sp³-hybridized carbons (Fsp3) is 0.483. The van der Waals surface area contributed by atoms with E-state index in [2.05, 4.69) is 26.0 Å². The lowest BCUT2D eigenvalue weighted by Gasteiger charge is -2.09. The van der Waals surface area contributed by atoms with E-state index in [9.17, 15) is 4.79 Å². The molecule has 0 fully saturated rings. The van der Waals surface area contributed by atoms with Gasteiger partial charge in [-0.15, -0.1) is 0 Å². The van der Waals surface area contributed by atoms with Crippen molar-refractivity contribution in [3.8, 4) is 17.2 Å². The van der Waals surface area contributed by atoms with E-state index < -0.39 is 0 Å². The highest BCUT2D eigenvalue weighted by Crippen LogP contribution is 2.20. The summed E-state index contributed by atoms with van der Waals surface area (Å²) in [6.07, 6.45) is 13.5. The predicted molar refractivity (Wildman–Crippen MR) is 135 cm³/mol. The Morgan fingerprint density at radius 3 is 2.00 bits per heavy atom. The number of allylic oxidation sites excluding steroid dienone is 2. The second-order valence-electron chi connectivity index (χ2n) is 8.51. The van der Waals surface area contributed by atoms with Crippen molar-refractivity contribution in [2.45, 2.75) is 72.1 Å². The monoisotopic (exact) mass is 452 g/mol. The number of carbonyl (C=O) groups is 1. The van der Waals surface area contributed by atoms with Crippen molar-refractivity contribution in [1.29, 1.82) is 0 Å². The lowest BCUT2D eigenvalue weighted by atomic mass is 10.0. The van der Waals surface area contributed by atoms with Crippen LogP contribution in [0.1, 0.15) is 82.5 Å². The molecule has 2 aromatic carbocycles. The minimum Gasteiger partial charge on any atom is -0.494 e. The van der Waals surface area contributed by atoms with Crippen LogP contribution in [0, 0.1) is 5.92 Å². The minimum absolute atomic E-state index is 0.385. The molecule has 0 spiro atoms. The molecule has 0 saturated heterocycles. The van der Waals surface area contributed by atoms with Crippen LogP contribution in [-0.2, 0) is 0 Å². The first-order valence-corrected chi connectivity index (χ1v) is 12.4. The van der Waals surface area contributed by atoms with E-state index in [0.717, 1.165) is 43.1 Å². The molecule has 2 aromatic rings. The van der Waals surface area contributed by atoms with Gasteiger partial charge >= 0.3 is 5.97 Å². The quantitative estimate of drug-likeness (QED) is 0.112. The van der Waals surface area contributed by atoms with Crippen LogP contribution in [-0.4, -0.2) is 19.2 Å². The third-order valence-corrected chi connectivity index (χ3v) is 5.70. The van der Waals surface area contributed by atoms with Crippen LogP contribution in [0.5, 0.6) is 17.2 Å². The molecule has 0 aliphatic carbocycles. The fourth-order valence-corrected chi connectivity index (χ4v) is 3.34. The molecule has 0 amide bonds.